The summed E-state index contributed by atoms with van der Waals surface area (Å²) in [5, 5.41) is 1.61. The quantitative estimate of drug-likeness (QED) is 0.284. The van der Waals surface area contributed by atoms with Crippen LogP contribution in [0.5, 0.6) is 0 Å². The number of methoxy groups -OCH3 is 1. The topological polar surface area (TPSA) is 112 Å². The standard InChI is InChI=1S/C28H19N3O5S/c1-36-28(35)23-22(29)21-16-9-3-4-10-17(16)26(34)31(27(21)37-23)20-13-7-2-8-15(20)14-30-24(32)18-11-5-6-12-19(18)25(30)33/h2-13H,14,29H2,1H3. The van der Waals surface area contributed by atoms with Crippen molar-refractivity contribution in [2.24, 2.45) is 0 Å². The van der Waals surface area contributed by atoms with Crippen molar-refractivity contribution in [2.75, 3.05) is 12.8 Å². The van der Waals surface area contributed by atoms with Gasteiger partial charge in [0, 0.05) is 10.8 Å². The van der Waals surface area contributed by atoms with E-state index in [0.29, 0.717) is 43.4 Å². The Morgan fingerprint density at radius 3 is 2.14 bits per heavy atom. The van der Waals surface area contributed by atoms with Gasteiger partial charge < -0.3 is 10.5 Å². The lowest BCUT2D eigenvalue weighted by atomic mass is 10.1. The maximum Gasteiger partial charge on any atom is 0.350 e. The summed E-state index contributed by atoms with van der Waals surface area (Å²) in [7, 11) is 1.27. The Morgan fingerprint density at radius 1 is 0.865 bits per heavy atom. The molecule has 2 aromatic heterocycles. The number of hydrogen-bond donors (Lipinski definition) is 1. The van der Waals surface area contributed by atoms with E-state index in [1.54, 1.807) is 72.8 Å². The van der Waals surface area contributed by atoms with Crippen LogP contribution in [0.2, 0.25) is 0 Å². The lowest BCUT2D eigenvalue weighted by Gasteiger charge is -2.19. The van der Waals surface area contributed by atoms with Gasteiger partial charge in [-0.2, -0.15) is 0 Å². The maximum absolute atomic E-state index is 13.9. The molecule has 0 atom stereocenters. The number of thiophene rings is 1. The van der Waals surface area contributed by atoms with E-state index in [9.17, 15) is 19.2 Å². The number of aromatic nitrogens is 1. The monoisotopic (exact) mass is 509 g/mol. The molecule has 0 aliphatic carbocycles. The molecular weight excluding hydrogens is 490 g/mol. The van der Waals surface area contributed by atoms with Crippen LogP contribution >= 0.6 is 11.3 Å². The average Bonchev–Trinajstić information content (AvgIpc) is 3.39. The maximum atomic E-state index is 13.9. The van der Waals surface area contributed by atoms with Gasteiger partial charge in [-0.05, 0) is 35.2 Å². The van der Waals surface area contributed by atoms with E-state index in [2.05, 4.69) is 0 Å². The summed E-state index contributed by atoms with van der Waals surface area (Å²) in [6.07, 6.45) is 0. The molecule has 182 valence electrons. The Hall–Kier alpha value is -4.76. The minimum Gasteiger partial charge on any atom is -0.465 e. The lowest BCUT2D eigenvalue weighted by Crippen LogP contribution is -2.30. The second-order valence-electron chi connectivity index (χ2n) is 8.57. The number of esters is 1. The Morgan fingerprint density at radius 2 is 1.46 bits per heavy atom. The highest BCUT2D eigenvalue weighted by Gasteiger charge is 2.35. The number of fused-ring (bicyclic) bond motifs is 4. The summed E-state index contributed by atoms with van der Waals surface area (Å²) in [5.41, 5.74) is 8.12. The molecule has 0 spiro atoms. The number of benzene rings is 3. The van der Waals surface area contributed by atoms with Crippen LogP contribution in [0, 0.1) is 0 Å². The van der Waals surface area contributed by atoms with Crippen LogP contribution in [0.1, 0.15) is 36.0 Å². The number of carbonyl (C=O) groups excluding carboxylic acids is 3. The predicted molar refractivity (Wildman–Crippen MR) is 141 cm³/mol. The molecule has 8 nitrogen and oxygen atoms in total. The van der Waals surface area contributed by atoms with E-state index < -0.39 is 5.97 Å². The van der Waals surface area contributed by atoms with Gasteiger partial charge in [-0.1, -0.05) is 48.5 Å². The molecule has 3 aromatic carbocycles. The minimum absolute atomic E-state index is 0.0337. The number of hydrogen-bond acceptors (Lipinski definition) is 7. The molecular formula is C28H19N3O5S. The largest absolute Gasteiger partial charge is 0.465 e. The highest BCUT2D eigenvalue weighted by atomic mass is 32.1. The Bertz CT molecular complexity index is 1820. The fraction of sp³-hybridized carbons (Fsp3) is 0.0714. The van der Waals surface area contributed by atoms with Crippen LogP contribution in [0.15, 0.2) is 77.6 Å². The third-order valence-corrected chi connectivity index (χ3v) is 7.74. The summed E-state index contributed by atoms with van der Waals surface area (Å²) < 4.78 is 6.42. The molecule has 3 heterocycles. The number of imide groups is 1. The molecule has 2 amide bonds. The van der Waals surface area contributed by atoms with Crippen molar-refractivity contribution in [3.8, 4) is 5.69 Å². The van der Waals surface area contributed by atoms with Crippen molar-refractivity contribution in [1.29, 1.82) is 0 Å². The van der Waals surface area contributed by atoms with Gasteiger partial charge >= 0.3 is 5.97 Å². The summed E-state index contributed by atoms with van der Waals surface area (Å²) in [6.45, 7) is -0.0337. The van der Waals surface area contributed by atoms with Crippen molar-refractivity contribution in [2.45, 2.75) is 6.54 Å². The molecule has 37 heavy (non-hydrogen) atoms. The zero-order chi connectivity index (χ0) is 25.8. The van der Waals surface area contributed by atoms with Crippen LogP contribution in [-0.4, -0.2) is 34.4 Å². The van der Waals surface area contributed by atoms with Gasteiger partial charge in [0.1, 0.15) is 9.71 Å². The first kappa shape index (κ1) is 22.7. The average molecular weight is 510 g/mol. The van der Waals surface area contributed by atoms with Gasteiger partial charge in [0.2, 0.25) is 0 Å². The first-order valence-corrected chi connectivity index (χ1v) is 12.2. The van der Waals surface area contributed by atoms with Gasteiger partial charge in [-0.15, -0.1) is 11.3 Å². The number of rotatable bonds is 4. The number of nitrogens with two attached hydrogens (primary N) is 1. The van der Waals surface area contributed by atoms with Gasteiger partial charge in [-0.3, -0.25) is 23.9 Å². The van der Waals surface area contributed by atoms with Crippen molar-refractivity contribution in [3.05, 3.63) is 105 Å². The normalized spacial score (nSPS) is 12.9. The number of carbonyl (C=O) groups is 3. The summed E-state index contributed by atoms with van der Waals surface area (Å²) in [6, 6.07) is 20.8. The van der Waals surface area contributed by atoms with E-state index in [1.807, 2.05) is 0 Å². The molecule has 5 aromatic rings. The number of amides is 2. The molecule has 2 N–H and O–H groups in total. The van der Waals surface area contributed by atoms with E-state index in [-0.39, 0.29) is 34.5 Å². The van der Waals surface area contributed by atoms with E-state index in [0.717, 1.165) is 11.3 Å². The van der Waals surface area contributed by atoms with Gasteiger partial charge in [0.05, 0.1) is 36.2 Å². The van der Waals surface area contributed by atoms with Crippen LogP contribution in [0.4, 0.5) is 5.69 Å². The lowest BCUT2D eigenvalue weighted by molar-refractivity contribution is 0.0604. The second-order valence-corrected chi connectivity index (χ2v) is 9.57. The van der Waals surface area contributed by atoms with Crippen LogP contribution in [0.25, 0.3) is 26.7 Å². The van der Waals surface area contributed by atoms with Crippen molar-refractivity contribution >= 4 is 55.8 Å². The summed E-state index contributed by atoms with van der Waals surface area (Å²) in [5.74, 6) is -1.37. The first-order chi connectivity index (χ1) is 17.9. The summed E-state index contributed by atoms with van der Waals surface area (Å²) >= 11 is 1.07. The van der Waals surface area contributed by atoms with E-state index in [4.69, 9.17) is 10.5 Å². The van der Waals surface area contributed by atoms with Crippen molar-refractivity contribution in [1.82, 2.24) is 9.47 Å². The van der Waals surface area contributed by atoms with Gasteiger partial charge in [0.15, 0.2) is 0 Å². The van der Waals surface area contributed by atoms with Gasteiger partial charge in [-0.25, -0.2) is 4.79 Å². The second kappa shape index (κ2) is 8.42. The molecule has 0 bridgehead atoms. The zero-order valence-corrected chi connectivity index (χ0v) is 20.4. The van der Waals surface area contributed by atoms with E-state index >= 15 is 0 Å². The molecule has 0 fully saturated rings. The molecule has 0 saturated heterocycles. The van der Waals surface area contributed by atoms with Crippen LogP contribution < -0.4 is 11.3 Å². The third kappa shape index (κ3) is 3.28. The SMILES string of the molecule is COC(=O)c1sc2c(c1N)c1ccccc1c(=O)n2-c1ccccc1CN1C(=O)c2ccccc2C1=O. The summed E-state index contributed by atoms with van der Waals surface area (Å²) in [4.78, 5) is 54.3. The highest BCUT2D eigenvalue weighted by Crippen LogP contribution is 2.39. The number of para-hydroxylation sites is 1. The fourth-order valence-corrected chi connectivity index (χ4v) is 5.99. The fourth-order valence-electron chi connectivity index (χ4n) is 4.83. The highest BCUT2D eigenvalue weighted by molar-refractivity contribution is 7.21. The molecule has 0 saturated carbocycles. The predicted octanol–water partition coefficient (Wildman–Crippen LogP) is 4.37. The van der Waals surface area contributed by atoms with Gasteiger partial charge in [0.25, 0.3) is 17.4 Å². The Balaban J connectivity index is 1.59. The molecule has 0 unspecified atom stereocenters. The molecule has 1 aliphatic heterocycles. The minimum atomic E-state index is -0.596. The number of ether oxygens (including phenoxy) is 1. The Kier molecular flexibility index (Phi) is 5.16. The molecule has 1 aliphatic rings. The van der Waals surface area contributed by atoms with Crippen LogP contribution in [0.3, 0.4) is 0 Å². The van der Waals surface area contributed by atoms with Crippen molar-refractivity contribution < 1.29 is 19.1 Å². The number of nitrogen functional groups attached to an aromatic ring is 1. The number of anilines is 1. The van der Waals surface area contributed by atoms with Crippen molar-refractivity contribution in [3.63, 3.8) is 0 Å². The third-order valence-electron chi connectivity index (χ3n) is 6.57. The number of nitrogens with zero attached hydrogens (tertiary/aromatic N) is 2. The van der Waals surface area contributed by atoms with E-state index in [1.165, 1.54) is 16.6 Å². The Labute approximate surface area is 214 Å². The zero-order valence-electron chi connectivity index (χ0n) is 19.6. The molecule has 9 heteroatoms. The van der Waals surface area contributed by atoms with Crippen LogP contribution in [-0.2, 0) is 11.3 Å². The number of pyridine rings is 1. The molecule has 6 rings (SSSR count). The first-order valence-electron chi connectivity index (χ1n) is 11.4. The smallest absolute Gasteiger partial charge is 0.350 e. The molecule has 0 radical (unpaired) electrons.